The van der Waals surface area contributed by atoms with Crippen LogP contribution in [-0.2, 0) is 19.9 Å². The molecule has 0 amide bonds. The van der Waals surface area contributed by atoms with Crippen LogP contribution >= 0.6 is 0 Å². The third-order valence-corrected chi connectivity index (χ3v) is 6.22. The Morgan fingerprint density at radius 2 is 1.71 bits per heavy atom. The monoisotopic (exact) mass is 365 g/mol. The standard InChI is InChI=1S/C26H25N2/c1-17-12-19-6-4-7-20(19)15-25(17)26-24-10-9-21(22-8-5-11-27-16-22)14-23(24)13-18(2)28(26)3/h5,8-16H,4,6-7H2,1-3H3/q+1. The van der Waals surface area contributed by atoms with E-state index in [0.717, 1.165) is 5.56 Å². The number of pyridine rings is 2. The molecule has 1 aliphatic carbocycles. The van der Waals surface area contributed by atoms with Gasteiger partial charge < -0.3 is 0 Å². The molecule has 1 aliphatic rings. The fraction of sp³-hybridized carbons (Fsp3) is 0.231. The average molecular weight is 366 g/mol. The highest BCUT2D eigenvalue weighted by Gasteiger charge is 2.22. The largest absolute Gasteiger partial charge is 0.264 e. The van der Waals surface area contributed by atoms with E-state index in [9.17, 15) is 0 Å². The van der Waals surface area contributed by atoms with E-state index in [1.54, 1.807) is 5.56 Å². The summed E-state index contributed by atoms with van der Waals surface area (Å²) in [6.07, 6.45) is 7.48. The molecule has 0 N–H and O–H groups in total. The second-order valence-electron chi connectivity index (χ2n) is 8.03. The Hall–Kier alpha value is -3.00. The van der Waals surface area contributed by atoms with Crippen LogP contribution in [0.3, 0.4) is 0 Å². The maximum atomic E-state index is 4.28. The molecule has 0 atom stereocenters. The molecule has 2 heteroatoms. The van der Waals surface area contributed by atoms with Gasteiger partial charge in [-0.05, 0) is 78.1 Å². The Labute approximate surface area is 166 Å². The predicted molar refractivity (Wildman–Crippen MR) is 115 cm³/mol. The second kappa shape index (κ2) is 6.56. The number of hydrogen-bond donors (Lipinski definition) is 0. The maximum absolute atomic E-state index is 4.28. The predicted octanol–water partition coefficient (Wildman–Crippen LogP) is 5.50. The van der Waals surface area contributed by atoms with E-state index in [4.69, 9.17) is 0 Å². The first kappa shape index (κ1) is 17.1. The van der Waals surface area contributed by atoms with Crippen molar-refractivity contribution in [2.45, 2.75) is 33.1 Å². The minimum atomic E-state index is 1.16. The van der Waals surface area contributed by atoms with Crippen LogP contribution in [0.25, 0.3) is 33.2 Å². The van der Waals surface area contributed by atoms with Gasteiger partial charge in [-0.2, -0.15) is 4.57 Å². The van der Waals surface area contributed by atoms with Crippen molar-refractivity contribution >= 4 is 10.8 Å². The zero-order valence-corrected chi connectivity index (χ0v) is 16.8. The summed E-state index contributed by atoms with van der Waals surface area (Å²) >= 11 is 0. The molecule has 0 radical (unpaired) electrons. The smallest absolute Gasteiger partial charge is 0.220 e. The van der Waals surface area contributed by atoms with Gasteiger partial charge in [0.15, 0.2) is 5.69 Å². The SMILES string of the molecule is Cc1cc2c(cc1-c1c3ccc(-c4cccnc4)cc3cc(C)[n+]1C)CCC2. The fourth-order valence-corrected chi connectivity index (χ4v) is 4.62. The van der Waals surface area contributed by atoms with Gasteiger partial charge in [0.05, 0.1) is 10.9 Å². The average Bonchev–Trinajstić information content (AvgIpc) is 3.16. The second-order valence-corrected chi connectivity index (χ2v) is 8.03. The Kier molecular flexibility index (Phi) is 4.01. The topological polar surface area (TPSA) is 16.8 Å². The van der Waals surface area contributed by atoms with Crippen LogP contribution < -0.4 is 4.57 Å². The van der Waals surface area contributed by atoms with Gasteiger partial charge in [0, 0.05) is 30.9 Å². The maximum Gasteiger partial charge on any atom is 0.220 e. The van der Waals surface area contributed by atoms with Gasteiger partial charge in [-0.1, -0.05) is 18.2 Å². The summed E-state index contributed by atoms with van der Waals surface area (Å²) in [4.78, 5) is 4.28. The Balaban J connectivity index is 1.76. The summed E-state index contributed by atoms with van der Waals surface area (Å²) in [6, 6.07) is 18.1. The molecular formula is C26H25N2+. The van der Waals surface area contributed by atoms with Crippen LogP contribution in [0.15, 0.2) is 60.9 Å². The lowest BCUT2D eigenvalue weighted by molar-refractivity contribution is -0.665. The first-order chi connectivity index (χ1) is 13.6. The highest BCUT2D eigenvalue weighted by molar-refractivity contribution is 5.96. The first-order valence-corrected chi connectivity index (χ1v) is 10.1. The van der Waals surface area contributed by atoms with Crippen molar-refractivity contribution in [2.75, 3.05) is 0 Å². The van der Waals surface area contributed by atoms with Crippen LogP contribution in [0.1, 0.15) is 28.8 Å². The molecule has 2 heterocycles. The molecule has 138 valence electrons. The van der Waals surface area contributed by atoms with Crippen molar-refractivity contribution in [1.82, 2.24) is 4.98 Å². The minimum Gasteiger partial charge on any atom is -0.264 e. The molecule has 2 aromatic heterocycles. The van der Waals surface area contributed by atoms with E-state index in [1.165, 1.54) is 63.7 Å². The Morgan fingerprint density at radius 1 is 0.893 bits per heavy atom. The summed E-state index contributed by atoms with van der Waals surface area (Å²) in [6.45, 7) is 4.45. The van der Waals surface area contributed by atoms with Gasteiger partial charge in [-0.3, -0.25) is 4.98 Å². The summed E-state index contributed by atoms with van der Waals surface area (Å²) in [5.74, 6) is 0. The molecule has 2 nitrogen and oxygen atoms in total. The van der Waals surface area contributed by atoms with Gasteiger partial charge in [0.25, 0.3) is 0 Å². The number of benzene rings is 2. The molecule has 0 saturated carbocycles. The number of aryl methyl sites for hydroxylation is 4. The molecule has 0 aliphatic heterocycles. The lowest BCUT2D eigenvalue weighted by Gasteiger charge is -2.13. The molecule has 5 rings (SSSR count). The highest BCUT2D eigenvalue weighted by atomic mass is 14.9. The van der Waals surface area contributed by atoms with Crippen molar-refractivity contribution in [3.05, 3.63) is 83.3 Å². The lowest BCUT2D eigenvalue weighted by atomic mass is 9.93. The minimum absolute atomic E-state index is 1.16. The normalized spacial score (nSPS) is 13.1. The van der Waals surface area contributed by atoms with Gasteiger partial charge in [0.1, 0.15) is 7.05 Å². The van der Waals surface area contributed by atoms with E-state index >= 15 is 0 Å². The van der Waals surface area contributed by atoms with Crippen molar-refractivity contribution in [3.8, 4) is 22.4 Å². The molecule has 28 heavy (non-hydrogen) atoms. The number of nitrogens with zero attached hydrogens (tertiary/aromatic N) is 2. The number of fused-ring (bicyclic) bond motifs is 2. The molecule has 0 spiro atoms. The van der Waals surface area contributed by atoms with Crippen LogP contribution in [0.4, 0.5) is 0 Å². The van der Waals surface area contributed by atoms with Crippen LogP contribution in [0, 0.1) is 13.8 Å². The van der Waals surface area contributed by atoms with Crippen molar-refractivity contribution in [3.63, 3.8) is 0 Å². The Bertz CT molecular complexity index is 1210. The lowest BCUT2D eigenvalue weighted by Crippen LogP contribution is -2.35. The van der Waals surface area contributed by atoms with Gasteiger partial charge in [-0.25, -0.2) is 0 Å². The number of rotatable bonds is 2. The third-order valence-electron chi connectivity index (χ3n) is 6.22. The van der Waals surface area contributed by atoms with E-state index in [2.05, 4.69) is 72.9 Å². The summed E-state index contributed by atoms with van der Waals surface area (Å²) in [5.41, 5.74) is 10.8. The van der Waals surface area contributed by atoms with Gasteiger partial charge in [0.2, 0.25) is 5.69 Å². The molecule has 0 fully saturated rings. The number of aromatic nitrogens is 2. The molecule has 4 aromatic rings. The zero-order valence-electron chi connectivity index (χ0n) is 16.8. The molecule has 0 saturated heterocycles. The molecule has 0 bridgehead atoms. The van der Waals surface area contributed by atoms with Crippen molar-refractivity contribution in [2.24, 2.45) is 7.05 Å². The van der Waals surface area contributed by atoms with Crippen LogP contribution in [0.5, 0.6) is 0 Å². The number of hydrogen-bond acceptors (Lipinski definition) is 1. The van der Waals surface area contributed by atoms with Gasteiger partial charge >= 0.3 is 0 Å². The fourth-order valence-electron chi connectivity index (χ4n) is 4.62. The van der Waals surface area contributed by atoms with Crippen molar-refractivity contribution < 1.29 is 4.57 Å². The Morgan fingerprint density at radius 3 is 2.50 bits per heavy atom. The van der Waals surface area contributed by atoms with Crippen LogP contribution in [-0.4, -0.2) is 4.98 Å². The van der Waals surface area contributed by atoms with E-state index in [-0.39, 0.29) is 0 Å². The van der Waals surface area contributed by atoms with Crippen LogP contribution in [0.2, 0.25) is 0 Å². The van der Waals surface area contributed by atoms with Gasteiger partial charge in [-0.15, -0.1) is 0 Å². The zero-order chi connectivity index (χ0) is 19.3. The quantitative estimate of drug-likeness (QED) is 0.429. The summed E-state index contributed by atoms with van der Waals surface area (Å²) in [5, 5.41) is 2.59. The summed E-state index contributed by atoms with van der Waals surface area (Å²) in [7, 11) is 2.19. The first-order valence-electron chi connectivity index (χ1n) is 10.1. The molecular weight excluding hydrogens is 340 g/mol. The third kappa shape index (κ3) is 2.72. The molecule has 2 aromatic carbocycles. The molecule has 0 unspecified atom stereocenters. The summed E-state index contributed by atoms with van der Waals surface area (Å²) < 4.78 is 2.34. The van der Waals surface area contributed by atoms with Crippen molar-refractivity contribution in [1.29, 1.82) is 0 Å². The van der Waals surface area contributed by atoms with E-state index in [1.807, 2.05) is 18.5 Å². The highest BCUT2D eigenvalue weighted by Crippen LogP contribution is 2.34. The van der Waals surface area contributed by atoms with E-state index < -0.39 is 0 Å². The van der Waals surface area contributed by atoms with E-state index in [0.29, 0.717) is 0 Å².